The van der Waals surface area contributed by atoms with E-state index in [4.69, 9.17) is 4.74 Å². The summed E-state index contributed by atoms with van der Waals surface area (Å²) in [5.41, 5.74) is 2.43. The lowest BCUT2D eigenvalue weighted by atomic mass is 10.0. The second kappa shape index (κ2) is 9.39. The minimum absolute atomic E-state index is 0.0284. The maximum atomic E-state index is 12.4. The maximum Gasteiger partial charge on any atom is 0.185 e. The zero-order valence-corrected chi connectivity index (χ0v) is 16.3. The highest BCUT2D eigenvalue weighted by Crippen LogP contribution is 2.26. The van der Waals surface area contributed by atoms with Gasteiger partial charge in [0.1, 0.15) is 5.75 Å². The van der Waals surface area contributed by atoms with E-state index in [1.807, 2.05) is 0 Å². The summed E-state index contributed by atoms with van der Waals surface area (Å²) in [5, 5.41) is 18.9. The molecule has 0 saturated heterocycles. The Morgan fingerprint density at radius 2 is 1.23 bits per heavy atom. The van der Waals surface area contributed by atoms with Gasteiger partial charge in [0.05, 0.1) is 7.11 Å². The summed E-state index contributed by atoms with van der Waals surface area (Å²) < 4.78 is 5.05. The second-order valence-corrected chi connectivity index (χ2v) is 6.50. The number of phenolic OH excluding ortho intramolecular Hbond substituents is 2. The van der Waals surface area contributed by atoms with Crippen molar-refractivity contribution >= 4 is 23.7 Å². The molecule has 0 unspecified atom stereocenters. The Labute approximate surface area is 174 Å². The zero-order chi connectivity index (χ0) is 21.5. The molecule has 0 aliphatic heterocycles. The number of ketones is 2. The molecule has 0 saturated carbocycles. The summed E-state index contributed by atoms with van der Waals surface area (Å²) in [7, 11) is 1.45. The maximum absolute atomic E-state index is 12.4. The van der Waals surface area contributed by atoms with E-state index < -0.39 is 0 Å². The molecule has 0 fully saturated rings. The summed E-state index contributed by atoms with van der Waals surface area (Å²) in [6.07, 6.45) is 6.16. The Balaban J connectivity index is 1.66. The summed E-state index contributed by atoms with van der Waals surface area (Å²) in [6, 6.07) is 17.7. The van der Waals surface area contributed by atoms with Crippen LogP contribution in [-0.2, 0) is 0 Å². The van der Waals surface area contributed by atoms with E-state index in [0.717, 1.165) is 5.56 Å². The number of aromatic hydroxyl groups is 2. The van der Waals surface area contributed by atoms with Crippen LogP contribution in [0.1, 0.15) is 31.8 Å². The molecule has 0 aliphatic rings. The van der Waals surface area contributed by atoms with Crippen molar-refractivity contribution in [3.05, 3.63) is 101 Å². The molecule has 30 heavy (non-hydrogen) atoms. The lowest BCUT2D eigenvalue weighted by Gasteiger charge is -2.03. The van der Waals surface area contributed by atoms with Crippen LogP contribution in [0.2, 0.25) is 0 Å². The van der Waals surface area contributed by atoms with E-state index in [0.29, 0.717) is 22.4 Å². The first-order valence-corrected chi connectivity index (χ1v) is 9.17. The third-order valence-corrected chi connectivity index (χ3v) is 4.41. The summed E-state index contributed by atoms with van der Waals surface area (Å²) in [6.45, 7) is 0. The number of rotatable bonds is 7. The topological polar surface area (TPSA) is 83.8 Å². The smallest absolute Gasteiger partial charge is 0.185 e. The molecule has 3 rings (SSSR count). The number of carbonyl (C=O) groups excluding carboxylic acids is 2. The van der Waals surface area contributed by atoms with Crippen molar-refractivity contribution in [3.8, 4) is 17.2 Å². The van der Waals surface area contributed by atoms with Gasteiger partial charge in [-0.2, -0.15) is 0 Å². The van der Waals surface area contributed by atoms with Crippen LogP contribution in [0.3, 0.4) is 0 Å². The van der Waals surface area contributed by atoms with Crippen LogP contribution in [0.25, 0.3) is 12.2 Å². The molecule has 3 aromatic carbocycles. The number of allylic oxidation sites excluding steroid dienone is 2. The molecular weight excluding hydrogens is 380 g/mol. The fourth-order valence-electron chi connectivity index (χ4n) is 2.72. The monoisotopic (exact) mass is 400 g/mol. The third-order valence-electron chi connectivity index (χ3n) is 4.41. The number of hydrogen-bond acceptors (Lipinski definition) is 5. The lowest BCUT2D eigenvalue weighted by Crippen LogP contribution is -1.98. The quantitative estimate of drug-likeness (QED) is 0.435. The largest absolute Gasteiger partial charge is 0.508 e. The minimum Gasteiger partial charge on any atom is -0.508 e. The van der Waals surface area contributed by atoms with Crippen molar-refractivity contribution in [2.75, 3.05) is 7.11 Å². The van der Waals surface area contributed by atoms with E-state index in [9.17, 15) is 19.8 Å². The van der Waals surface area contributed by atoms with Crippen LogP contribution in [0, 0.1) is 0 Å². The number of hydrogen-bond donors (Lipinski definition) is 2. The average Bonchev–Trinajstić information content (AvgIpc) is 2.77. The number of benzene rings is 3. The molecular formula is C25H20O5. The van der Waals surface area contributed by atoms with Crippen LogP contribution in [0.4, 0.5) is 0 Å². The van der Waals surface area contributed by atoms with Gasteiger partial charge in [-0.15, -0.1) is 0 Å². The van der Waals surface area contributed by atoms with Gasteiger partial charge in [-0.3, -0.25) is 9.59 Å². The van der Waals surface area contributed by atoms with E-state index in [-0.39, 0.29) is 23.1 Å². The van der Waals surface area contributed by atoms with Crippen molar-refractivity contribution in [2.45, 2.75) is 0 Å². The van der Waals surface area contributed by atoms with Crippen molar-refractivity contribution in [1.29, 1.82) is 0 Å². The van der Waals surface area contributed by atoms with Crippen LogP contribution in [-0.4, -0.2) is 28.9 Å². The third kappa shape index (κ3) is 5.23. The van der Waals surface area contributed by atoms with Crippen molar-refractivity contribution in [3.63, 3.8) is 0 Å². The predicted molar refractivity (Wildman–Crippen MR) is 116 cm³/mol. The molecule has 0 aliphatic carbocycles. The Hall–Kier alpha value is -4.12. The Kier molecular flexibility index (Phi) is 6.45. The molecule has 0 spiro atoms. The van der Waals surface area contributed by atoms with Gasteiger partial charge >= 0.3 is 0 Å². The molecule has 0 atom stereocenters. The Morgan fingerprint density at radius 1 is 0.733 bits per heavy atom. The van der Waals surface area contributed by atoms with Crippen molar-refractivity contribution in [1.82, 2.24) is 0 Å². The number of phenols is 2. The fourth-order valence-corrected chi connectivity index (χ4v) is 2.72. The zero-order valence-electron chi connectivity index (χ0n) is 16.3. The Bertz CT molecular complexity index is 1110. The highest BCUT2D eigenvalue weighted by Gasteiger charge is 2.06. The van der Waals surface area contributed by atoms with Gasteiger partial charge < -0.3 is 14.9 Å². The summed E-state index contributed by atoms with van der Waals surface area (Å²) in [4.78, 5) is 24.7. The normalized spacial score (nSPS) is 11.1. The van der Waals surface area contributed by atoms with Gasteiger partial charge in [0, 0.05) is 11.1 Å². The van der Waals surface area contributed by atoms with Gasteiger partial charge in [0.25, 0.3) is 0 Å². The first-order valence-electron chi connectivity index (χ1n) is 9.17. The van der Waals surface area contributed by atoms with E-state index in [1.54, 1.807) is 72.8 Å². The van der Waals surface area contributed by atoms with Crippen molar-refractivity contribution in [2.24, 2.45) is 0 Å². The molecule has 2 N–H and O–H groups in total. The van der Waals surface area contributed by atoms with Crippen LogP contribution < -0.4 is 4.74 Å². The fraction of sp³-hybridized carbons (Fsp3) is 0.0400. The molecule has 0 amide bonds. The van der Waals surface area contributed by atoms with E-state index in [2.05, 4.69) is 0 Å². The molecule has 5 heteroatoms. The lowest BCUT2D eigenvalue weighted by molar-refractivity contribution is 0.103. The van der Waals surface area contributed by atoms with Crippen LogP contribution in [0.5, 0.6) is 17.2 Å². The van der Waals surface area contributed by atoms with Gasteiger partial charge in [-0.05, 0) is 47.5 Å². The van der Waals surface area contributed by atoms with Crippen molar-refractivity contribution < 1.29 is 24.5 Å². The molecule has 150 valence electrons. The van der Waals surface area contributed by atoms with Gasteiger partial charge in [0.15, 0.2) is 23.1 Å². The molecule has 0 heterocycles. The number of ether oxygens (including phenoxy) is 1. The molecule has 3 aromatic rings. The Morgan fingerprint density at radius 3 is 1.77 bits per heavy atom. The number of carbonyl (C=O) groups is 2. The van der Waals surface area contributed by atoms with E-state index in [1.165, 1.54) is 25.3 Å². The first kappa shape index (κ1) is 20.6. The van der Waals surface area contributed by atoms with Gasteiger partial charge in [-0.1, -0.05) is 54.6 Å². The van der Waals surface area contributed by atoms with Gasteiger partial charge in [0.2, 0.25) is 0 Å². The molecule has 0 aromatic heterocycles. The molecule has 0 radical (unpaired) electrons. The van der Waals surface area contributed by atoms with Crippen LogP contribution in [0.15, 0.2) is 78.9 Å². The highest BCUT2D eigenvalue weighted by molar-refractivity contribution is 6.09. The summed E-state index contributed by atoms with van der Waals surface area (Å²) >= 11 is 0. The highest BCUT2D eigenvalue weighted by atomic mass is 16.5. The first-order chi connectivity index (χ1) is 14.5. The average molecular weight is 400 g/mol. The number of methoxy groups -OCH3 is 1. The SMILES string of the molecule is COc1cc(C=CC(=O)c2ccc(C(=O)C=Cc3ccc(O)cc3)cc2)ccc1O. The standard InChI is InChI=1S/C25H20O5/c1-30-25-16-18(6-15-24(25)29)5-14-23(28)20-9-7-19(8-10-20)22(27)13-4-17-2-11-21(26)12-3-17/h2-16,26,29H,1H3. The van der Waals surface area contributed by atoms with Gasteiger partial charge in [-0.25, -0.2) is 0 Å². The molecule has 0 bridgehead atoms. The predicted octanol–water partition coefficient (Wildman–Crippen LogP) is 4.90. The minimum atomic E-state index is -0.208. The second-order valence-electron chi connectivity index (χ2n) is 6.50. The molecule has 5 nitrogen and oxygen atoms in total. The summed E-state index contributed by atoms with van der Waals surface area (Å²) in [5.74, 6) is 0.125. The van der Waals surface area contributed by atoms with E-state index >= 15 is 0 Å². The van der Waals surface area contributed by atoms with Crippen LogP contribution >= 0.6 is 0 Å².